The van der Waals surface area contributed by atoms with Gasteiger partial charge >= 0.3 is 0 Å². The lowest BCUT2D eigenvalue weighted by Crippen LogP contribution is -2.11. The molecule has 0 saturated heterocycles. The topological polar surface area (TPSA) is 37.3 Å². The monoisotopic (exact) mass is 294 g/mol. The molecule has 0 aliphatic heterocycles. The van der Waals surface area contributed by atoms with Crippen LogP contribution in [-0.2, 0) is 0 Å². The van der Waals surface area contributed by atoms with Crippen molar-refractivity contribution in [2.75, 3.05) is 0 Å². The minimum absolute atomic E-state index is 0.0605. The zero-order chi connectivity index (χ0) is 14.5. The van der Waals surface area contributed by atoms with Crippen LogP contribution in [0.3, 0.4) is 0 Å². The Bertz CT molecular complexity index is 441. The van der Waals surface area contributed by atoms with E-state index in [2.05, 4.69) is 6.92 Å². The van der Waals surface area contributed by atoms with Crippen LogP contribution in [0.1, 0.15) is 67.3 Å². The number of Topliss-reactive ketones (excluding diaryl/α,β-unsaturated/α-hetero) is 1. The molecule has 1 aliphatic rings. The Morgan fingerprint density at radius 2 is 1.95 bits per heavy atom. The van der Waals surface area contributed by atoms with Crippen LogP contribution in [0.5, 0.6) is 0 Å². The lowest BCUT2D eigenvalue weighted by molar-refractivity contribution is 0.0979. The summed E-state index contributed by atoms with van der Waals surface area (Å²) in [5.41, 5.74) is 1.87. The molecule has 1 saturated carbocycles. The number of unbranched alkanes of at least 4 members (excludes halogenated alkanes) is 2. The quantitative estimate of drug-likeness (QED) is 0.483. The van der Waals surface area contributed by atoms with Crippen molar-refractivity contribution in [1.82, 2.24) is 0 Å². The van der Waals surface area contributed by atoms with E-state index >= 15 is 0 Å². The molecule has 3 atom stereocenters. The molecule has 0 aromatic heterocycles. The minimum Gasteiger partial charge on any atom is -0.392 e. The standard InChI is InChI=1S/C17H23ClO2/c1-2-3-4-5-16(19)13-8-6-12(7-9-13)15-10-14(18)11-17(15)20/h6-9,14-15,17,20H,2-5,10-11H2,1H3/t14?,15-,17?/m0/s1. The largest absolute Gasteiger partial charge is 0.392 e. The molecule has 1 fully saturated rings. The molecule has 1 aliphatic carbocycles. The number of rotatable bonds is 6. The molecule has 1 aromatic rings. The van der Waals surface area contributed by atoms with Crippen LogP contribution >= 0.6 is 11.6 Å². The highest BCUT2D eigenvalue weighted by Gasteiger charge is 2.32. The van der Waals surface area contributed by atoms with Crippen molar-refractivity contribution >= 4 is 17.4 Å². The van der Waals surface area contributed by atoms with Crippen molar-refractivity contribution in [1.29, 1.82) is 0 Å². The maximum Gasteiger partial charge on any atom is 0.162 e. The molecule has 110 valence electrons. The lowest BCUT2D eigenvalue weighted by atomic mass is 9.94. The summed E-state index contributed by atoms with van der Waals surface area (Å²) >= 11 is 6.09. The van der Waals surface area contributed by atoms with Crippen molar-refractivity contribution in [3.63, 3.8) is 0 Å². The van der Waals surface area contributed by atoms with Crippen LogP contribution in [0.15, 0.2) is 24.3 Å². The molecule has 2 rings (SSSR count). The van der Waals surface area contributed by atoms with Gasteiger partial charge in [0.25, 0.3) is 0 Å². The third-order valence-electron chi connectivity index (χ3n) is 4.14. The number of aliphatic hydroxyl groups is 1. The Labute approximate surface area is 126 Å². The summed E-state index contributed by atoms with van der Waals surface area (Å²) in [6.07, 6.45) is 4.94. The summed E-state index contributed by atoms with van der Waals surface area (Å²) < 4.78 is 0. The zero-order valence-electron chi connectivity index (χ0n) is 12.0. The number of halogens is 1. The highest BCUT2D eigenvalue weighted by molar-refractivity contribution is 6.20. The van der Waals surface area contributed by atoms with Gasteiger partial charge in [0, 0.05) is 23.3 Å². The van der Waals surface area contributed by atoms with Gasteiger partial charge < -0.3 is 5.11 Å². The number of aliphatic hydroxyl groups excluding tert-OH is 1. The molecule has 2 nitrogen and oxygen atoms in total. The van der Waals surface area contributed by atoms with E-state index in [9.17, 15) is 9.90 Å². The summed E-state index contributed by atoms with van der Waals surface area (Å²) in [4.78, 5) is 12.0. The van der Waals surface area contributed by atoms with E-state index in [1.165, 1.54) is 0 Å². The number of carbonyl (C=O) groups excluding carboxylic acids is 1. The van der Waals surface area contributed by atoms with Crippen LogP contribution in [-0.4, -0.2) is 22.4 Å². The van der Waals surface area contributed by atoms with Gasteiger partial charge in [-0.2, -0.15) is 0 Å². The molecule has 20 heavy (non-hydrogen) atoms. The lowest BCUT2D eigenvalue weighted by Gasteiger charge is -2.14. The Morgan fingerprint density at radius 1 is 1.25 bits per heavy atom. The summed E-state index contributed by atoms with van der Waals surface area (Å²) in [6, 6.07) is 7.71. The molecule has 0 bridgehead atoms. The second-order valence-electron chi connectivity index (χ2n) is 5.74. The van der Waals surface area contributed by atoms with Gasteiger partial charge in [-0.3, -0.25) is 4.79 Å². The smallest absolute Gasteiger partial charge is 0.162 e. The fourth-order valence-electron chi connectivity index (χ4n) is 2.91. The highest BCUT2D eigenvalue weighted by Crippen LogP contribution is 2.37. The van der Waals surface area contributed by atoms with Crippen molar-refractivity contribution in [2.45, 2.75) is 62.8 Å². The van der Waals surface area contributed by atoms with E-state index in [-0.39, 0.29) is 23.2 Å². The highest BCUT2D eigenvalue weighted by atomic mass is 35.5. The minimum atomic E-state index is -0.358. The van der Waals surface area contributed by atoms with Crippen LogP contribution in [0.4, 0.5) is 0 Å². The SMILES string of the molecule is CCCCCC(=O)c1ccc([C@@H]2CC(Cl)CC2O)cc1. The first kappa shape index (κ1) is 15.5. The van der Waals surface area contributed by atoms with E-state index in [1.807, 2.05) is 24.3 Å². The van der Waals surface area contributed by atoms with E-state index < -0.39 is 0 Å². The molecule has 1 N–H and O–H groups in total. The normalized spacial score (nSPS) is 25.9. The molecule has 0 radical (unpaired) electrons. The van der Waals surface area contributed by atoms with Gasteiger partial charge in [0.1, 0.15) is 0 Å². The third-order valence-corrected chi connectivity index (χ3v) is 4.50. The first-order valence-corrected chi connectivity index (χ1v) is 8.00. The van der Waals surface area contributed by atoms with Crippen LogP contribution in [0.2, 0.25) is 0 Å². The number of carbonyl (C=O) groups is 1. The van der Waals surface area contributed by atoms with E-state index in [1.54, 1.807) is 0 Å². The first-order chi connectivity index (χ1) is 9.61. The fourth-order valence-corrected chi connectivity index (χ4v) is 3.28. The summed E-state index contributed by atoms with van der Waals surface area (Å²) in [6.45, 7) is 2.14. The van der Waals surface area contributed by atoms with Gasteiger partial charge in [-0.1, -0.05) is 44.0 Å². The van der Waals surface area contributed by atoms with Gasteiger partial charge in [-0.25, -0.2) is 0 Å². The van der Waals surface area contributed by atoms with Crippen LogP contribution < -0.4 is 0 Å². The van der Waals surface area contributed by atoms with Crippen molar-refractivity contribution in [3.8, 4) is 0 Å². The Hall–Kier alpha value is -0.860. The molecule has 0 heterocycles. The Morgan fingerprint density at radius 3 is 2.50 bits per heavy atom. The molecule has 2 unspecified atom stereocenters. The predicted octanol–water partition coefficient (Wildman–Crippen LogP) is 4.30. The molecule has 3 heteroatoms. The van der Waals surface area contributed by atoms with Crippen LogP contribution in [0, 0.1) is 0 Å². The molecular weight excluding hydrogens is 272 g/mol. The fraction of sp³-hybridized carbons (Fsp3) is 0.588. The van der Waals surface area contributed by atoms with Crippen molar-refractivity contribution in [3.05, 3.63) is 35.4 Å². The number of benzene rings is 1. The average Bonchev–Trinajstić information content (AvgIpc) is 2.78. The average molecular weight is 295 g/mol. The molecular formula is C17H23ClO2. The predicted molar refractivity (Wildman–Crippen MR) is 82.5 cm³/mol. The van der Waals surface area contributed by atoms with Crippen molar-refractivity contribution in [2.24, 2.45) is 0 Å². The summed E-state index contributed by atoms with van der Waals surface area (Å²) in [5, 5.41) is 10.0. The Balaban J connectivity index is 1.97. The second kappa shape index (κ2) is 7.24. The van der Waals surface area contributed by atoms with E-state index in [4.69, 9.17) is 11.6 Å². The first-order valence-electron chi connectivity index (χ1n) is 7.57. The molecule has 0 spiro atoms. The van der Waals surface area contributed by atoms with Gasteiger partial charge in [0.15, 0.2) is 5.78 Å². The molecule has 1 aromatic carbocycles. The Kier molecular flexibility index (Phi) is 5.62. The molecule has 0 amide bonds. The third kappa shape index (κ3) is 3.83. The number of hydrogen-bond acceptors (Lipinski definition) is 2. The second-order valence-corrected chi connectivity index (χ2v) is 6.36. The maximum absolute atomic E-state index is 12.0. The van der Waals surface area contributed by atoms with E-state index in [0.29, 0.717) is 12.8 Å². The van der Waals surface area contributed by atoms with Gasteiger partial charge in [0.05, 0.1) is 6.10 Å². The van der Waals surface area contributed by atoms with Gasteiger partial charge in [-0.15, -0.1) is 11.6 Å². The summed E-state index contributed by atoms with van der Waals surface area (Å²) in [5.74, 6) is 0.328. The van der Waals surface area contributed by atoms with Gasteiger partial charge in [0.2, 0.25) is 0 Å². The number of hydrogen-bond donors (Lipinski definition) is 1. The maximum atomic E-state index is 12.0. The van der Waals surface area contributed by atoms with Crippen LogP contribution in [0.25, 0.3) is 0 Å². The summed E-state index contributed by atoms with van der Waals surface area (Å²) in [7, 11) is 0. The zero-order valence-corrected chi connectivity index (χ0v) is 12.8. The van der Waals surface area contributed by atoms with E-state index in [0.717, 1.165) is 36.8 Å². The van der Waals surface area contributed by atoms with Gasteiger partial charge in [-0.05, 0) is 24.8 Å². The number of alkyl halides is 1. The number of ketones is 1. The van der Waals surface area contributed by atoms with Crippen molar-refractivity contribution < 1.29 is 9.90 Å².